The molecule has 3 aromatic rings. The summed E-state index contributed by atoms with van der Waals surface area (Å²) in [6.45, 7) is 9.05. The van der Waals surface area contributed by atoms with Crippen LogP contribution in [0.1, 0.15) is 43.4 Å². The lowest BCUT2D eigenvalue weighted by molar-refractivity contribution is -0.135. The first kappa shape index (κ1) is 24.5. The Balaban J connectivity index is 1.85. The number of halogens is 2. The van der Waals surface area contributed by atoms with Crippen molar-refractivity contribution in [2.45, 2.75) is 44.8 Å². The van der Waals surface area contributed by atoms with E-state index in [0.717, 1.165) is 11.1 Å². The van der Waals surface area contributed by atoms with Gasteiger partial charge in [0, 0.05) is 29.2 Å². The second-order valence-corrected chi connectivity index (χ2v) is 8.94. The average Bonchev–Trinajstić information content (AvgIpc) is 2.78. The van der Waals surface area contributed by atoms with Gasteiger partial charge in [0.15, 0.2) is 5.60 Å². The van der Waals surface area contributed by atoms with Crippen molar-refractivity contribution >= 4 is 23.6 Å². The highest BCUT2D eigenvalue weighted by molar-refractivity contribution is 6.30. The van der Waals surface area contributed by atoms with Crippen LogP contribution in [0.2, 0.25) is 5.02 Å². The Morgan fingerprint density at radius 3 is 2.58 bits per heavy atom. The zero-order chi connectivity index (χ0) is 24.0. The standard InChI is InChI=1S/C27H28ClFN2O2/c1-5-19-14-21(17-23(29)15-19)24(16-20-9-11-22(28)12-10-20)18(2)31-26(32)27(3,4)33-25-8-6-7-13-30-25/h5-15,17-18,24H,1,16H2,2-4H3,(H,31,32). The monoisotopic (exact) mass is 466 g/mol. The lowest BCUT2D eigenvalue weighted by Gasteiger charge is -2.31. The van der Waals surface area contributed by atoms with Crippen LogP contribution in [0.4, 0.5) is 4.39 Å². The van der Waals surface area contributed by atoms with Gasteiger partial charge in [-0.2, -0.15) is 0 Å². The summed E-state index contributed by atoms with van der Waals surface area (Å²) in [6.07, 6.45) is 3.80. The molecule has 172 valence electrons. The highest BCUT2D eigenvalue weighted by Gasteiger charge is 2.33. The maximum absolute atomic E-state index is 14.3. The van der Waals surface area contributed by atoms with E-state index in [0.29, 0.717) is 22.9 Å². The van der Waals surface area contributed by atoms with E-state index in [1.165, 1.54) is 12.1 Å². The smallest absolute Gasteiger partial charge is 0.263 e. The van der Waals surface area contributed by atoms with Crippen LogP contribution in [0.3, 0.4) is 0 Å². The Hall–Kier alpha value is -3.18. The summed E-state index contributed by atoms with van der Waals surface area (Å²) in [6, 6.07) is 17.3. The van der Waals surface area contributed by atoms with Gasteiger partial charge in [0.2, 0.25) is 5.88 Å². The molecule has 2 atom stereocenters. The molecule has 0 aliphatic carbocycles. The predicted molar refractivity (Wildman–Crippen MR) is 131 cm³/mol. The molecule has 1 heterocycles. The summed E-state index contributed by atoms with van der Waals surface area (Å²) in [7, 11) is 0. The first-order valence-corrected chi connectivity index (χ1v) is 11.1. The molecule has 0 fully saturated rings. The van der Waals surface area contributed by atoms with Crippen molar-refractivity contribution in [1.29, 1.82) is 0 Å². The largest absolute Gasteiger partial charge is 0.462 e. The Morgan fingerprint density at radius 2 is 1.94 bits per heavy atom. The number of ether oxygens (including phenoxy) is 1. The lowest BCUT2D eigenvalue weighted by atomic mass is 9.85. The van der Waals surface area contributed by atoms with Crippen molar-refractivity contribution < 1.29 is 13.9 Å². The predicted octanol–water partition coefficient (Wildman–Crippen LogP) is 6.21. The summed E-state index contributed by atoms with van der Waals surface area (Å²) in [4.78, 5) is 17.3. The van der Waals surface area contributed by atoms with E-state index >= 15 is 0 Å². The first-order valence-electron chi connectivity index (χ1n) is 10.8. The van der Waals surface area contributed by atoms with Crippen molar-refractivity contribution in [3.63, 3.8) is 0 Å². The summed E-state index contributed by atoms with van der Waals surface area (Å²) >= 11 is 6.04. The molecular weight excluding hydrogens is 439 g/mol. The van der Waals surface area contributed by atoms with Gasteiger partial charge in [-0.05, 0) is 74.2 Å². The van der Waals surface area contributed by atoms with Crippen LogP contribution in [0.5, 0.6) is 5.88 Å². The molecule has 0 saturated carbocycles. The quantitative estimate of drug-likeness (QED) is 0.408. The van der Waals surface area contributed by atoms with Crippen molar-refractivity contribution in [2.75, 3.05) is 0 Å². The van der Waals surface area contributed by atoms with E-state index in [2.05, 4.69) is 16.9 Å². The van der Waals surface area contributed by atoms with Gasteiger partial charge >= 0.3 is 0 Å². The number of hydrogen-bond donors (Lipinski definition) is 1. The summed E-state index contributed by atoms with van der Waals surface area (Å²) < 4.78 is 20.2. The molecule has 33 heavy (non-hydrogen) atoms. The number of nitrogens with one attached hydrogen (secondary N) is 1. The normalized spacial score (nSPS) is 13.1. The van der Waals surface area contributed by atoms with Gasteiger partial charge in [0.05, 0.1) is 0 Å². The zero-order valence-electron chi connectivity index (χ0n) is 19.0. The molecule has 2 aromatic carbocycles. The fourth-order valence-corrected chi connectivity index (χ4v) is 3.75. The molecule has 6 heteroatoms. The highest BCUT2D eigenvalue weighted by atomic mass is 35.5. The van der Waals surface area contributed by atoms with E-state index in [9.17, 15) is 9.18 Å². The average molecular weight is 467 g/mol. The van der Waals surface area contributed by atoms with E-state index in [4.69, 9.17) is 16.3 Å². The van der Waals surface area contributed by atoms with Gasteiger partial charge in [-0.25, -0.2) is 9.37 Å². The fourth-order valence-electron chi connectivity index (χ4n) is 3.62. The van der Waals surface area contributed by atoms with Crippen LogP contribution in [0, 0.1) is 5.82 Å². The number of carbonyl (C=O) groups excluding carboxylic acids is 1. The van der Waals surface area contributed by atoms with Crippen molar-refractivity contribution in [3.05, 3.63) is 101 Å². The topological polar surface area (TPSA) is 51.2 Å². The van der Waals surface area contributed by atoms with Crippen molar-refractivity contribution in [3.8, 4) is 5.88 Å². The minimum Gasteiger partial charge on any atom is -0.462 e. The number of carbonyl (C=O) groups is 1. The Morgan fingerprint density at radius 1 is 1.21 bits per heavy atom. The number of aromatic nitrogens is 1. The molecule has 0 spiro atoms. The van der Waals surface area contributed by atoms with Crippen molar-refractivity contribution in [2.24, 2.45) is 0 Å². The Labute approximate surface area is 199 Å². The molecule has 1 amide bonds. The maximum atomic E-state index is 14.3. The zero-order valence-corrected chi connectivity index (χ0v) is 19.8. The molecule has 0 bridgehead atoms. The third-order valence-electron chi connectivity index (χ3n) is 5.48. The molecule has 0 radical (unpaired) electrons. The van der Waals surface area contributed by atoms with Gasteiger partial charge in [0.25, 0.3) is 5.91 Å². The Bertz CT molecular complexity index is 1100. The molecule has 0 saturated heterocycles. The van der Waals surface area contributed by atoms with Gasteiger partial charge in [-0.1, -0.05) is 48.5 Å². The third-order valence-corrected chi connectivity index (χ3v) is 5.73. The molecule has 0 aliphatic rings. The SMILES string of the molecule is C=Cc1cc(F)cc(C(Cc2ccc(Cl)cc2)C(C)NC(=O)C(C)(C)Oc2ccccn2)c1. The number of hydrogen-bond acceptors (Lipinski definition) is 3. The second kappa shape index (κ2) is 10.6. The summed E-state index contributed by atoms with van der Waals surface area (Å²) in [5.41, 5.74) is 1.33. The fraction of sp³-hybridized carbons (Fsp3) is 0.259. The van der Waals surface area contributed by atoms with Crippen LogP contribution in [0.25, 0.3) is 6.08 Å². The molecule has 2 unspecified atom stereocenters. The molecular formula is C27H28ClFN2O2. The summed E-state index contributed by atoms with van der Waals surface area (Å²) in [5, 5.41) is 3.70. The number of rotatable bonds is 9. The summed E-state index contributed by atoms with van der Waals surface area (Å²) in [5.74, 6) is -0.470. The first-order chi connectivity index (χ1) is 15.7. The number of amides is 1. The van der Waals surface area contributed by atoms with Gasteiger partial charge < -0.3 is 10.1 Å². The van der Waals surface area contributed by atoms with Crippen LogP contribution < -0.4 is 10.1 Å². The van der Waals surface area contributed by atoms with E-state index < -0.39 is 5.60 Å². The number of benzene rings is 2. The van der Waals surface area contributed by atoms with Gasteiger partial charge in [0.1, 0.15) is 5.82 Å². The Kier molecular flexibility index (Phi) is 7.88. The lowest BCUT2D eigenvalue weighted by Crippen LogP contribution is -2.51. The molecule has 1 N–H and O–H groups in total. The number of nitrogens with zero attached hydrogens (tertiary/aromatic N) is 1. The van der Waals surface area contributed by atoms with E-state index in [-0.39, 0.29) is 23.7 Å². The van der Waals surface area contributed by atoms with Crippen molar-refractivity contribution in [1.82, 2.24) is 10.3 Å². The van der Waals surface area contributed by atoms with E-state index in [1.807, 2.05) is 37.3 Å². The van der Waals surface area contributed by atoms with E-state index in [1.54, 1.807) is 44.3 Å². The number of pyridine rings is 1. The van der Waals surface area contributed by atoms with Crippen LogP contribution in [-0.2, 0) is 11.2 Å². The second-order valence-electron chi connectivity index (χ2n) is 8.50. The molecule has 3 rings (SSSR count). The molecule has 1 aromatic heterocycles. The maximum Gasteiger partial charge on any atom is 0.263 e. The highest BCUT2D eigenvalue weighted by Crippen LogP contribution is 2.28. The minimum absolute atomic E-state index is 0.199. The third kappa shape index (κ3) is 6.65. The minimum atomic E-state index is -1.15. The van der Waals surface area contributed by atoms with Crippen LogP contribution in [-0.4, -0.2) is 22.5 Å². The van der Waals surface area contributed by atoms with Gasteiger partial charge in [-0.15, -0.1) is 0 Å². The molecule has 0 aliphatic heterocycles. The van der Waals surface area contributed by atoms with Crippen LogP contribution in [0.15, 0.2) is 73.4 Å². The van der Waals surface area contributed by atoms with Crippen LogP contribution >= 0.6 is 11.6 Å². The van der Waals surface area contributed by atoms with Gasteiger partial charge in [-0.3, -0.25) is 4.79 Å². The molecule has 4 nitrogen and oxygen atoms in total.